The molecule has 0 bridgehead atoms. The molecule has 2 rings (SSSR count). The van der Waals surface area contributed by atoms with E-state index < -0.39 is 0 Å². The molecular weight excluding hydrogens is 190 g/mol. The Kier molecular flexibility index (Phi) is 2.86. The Bertz CT molecular complexity index is 368. The van der Waals surface area contributed by atoms with Crippen molar-refractivity contribution in [2.75, 3.05) is 24.6 Å². The number of nitriles is 1. The molecule has 78 valence electrons. The van der Waals surface area contributed by atoms with Gasteiger partial charge in [-0.05, 0) is 24.3 Å². The third-order valence-electron chi connectivity index (χ3n) is 2.46. The van der Waals surface area contributed by atoms with Crippen LogP contribution in [0.25, 0.3) is 0 Å². The summed E-state index contributed by atoms with van der Waals surface area (Å²) in [6, 6.07) is 9.61. The van der Waals surface area contributed by atoms with Crippen molar-refractivity contribution in [3.8, 4) is 6.07 Å². The molecule has 1 aromatic rings. The Morgan fingerprint density at radius 3 is 2.73 bits per heavy atom. The minimum absolute atomic E-state index is 0.214. The van der Waals surface area contributed by atoms with Crippen molar-refractivity contribution in [2.24, 2.45) is 5.73 Å². The van der Waals surface area contributed by atoms with Gasteiger partial charge < -0.3 is 15.4 Å². The van der Waals surface area contributed by atoms with Crippen molar-refractivity contribution in [2.45, 2.75) is 6.23 Å². The lowest BCUT2D eigenvalue weighted by Gasteiger charge is -2.32. The van der Waals surface area contributed by atoms with Crippen LogP contribution in [-0.2, 0) is 4.74 Å². The summed E-state index contributed by atoms with van der Waals surface area (Å²) in [6.07, 6.45) is -0.214. The van der Waals surface area contributed by atoms with Crippen LogP contribution >= 0.6 is 0 Å². The molecule has 1 atom stereocenters. The molecule has 15 heavy (non-hydrogen) atoms. The lowest BCUT2D eigenvalue weighted by atomic mass is 10.2. The summed E-state index contributed by atoms with van der Waals surface area (Å²) >= 11 is 0. The molecule has 0 saturated carbocycles. The first-order valence-electron chi connectivity index (χ1n) is 4.92. The maximum absolute atomic E-state index is 8.68. The van der Waals surface area contributed by atoms with Crippen molar-refractivity contribution >= 4 is 5.69 Å². The molecule has 0 spiro atoms. The maximum Gasteiger partial charge on any atom is 0.123 e. The fraction of sp³-hybridized carbons (Fsp3) is 0.364. The highest BCUT2D eigenvalue weighted by atomic mass is 16.5. The number of nitrogens with two attached hydrogens (primary N) is 1. The van der Waals surface area contributed by atoms with E-state index in [0.717, 1.165) is 12.2 Å². The second-order valence-electron chi connectivity index (χ2n) is 3.51. The Labute approximate surface area is 88.9 Å². The van der Waals surface area contributed by atoms with Crippen LogP contribution in [0.4, 0.5) is 5.69 Å². The highest BCUT2D eigenvalue weighted by molar-refractivity contribution is 5.49. The molecule has 4 nitrogen and oxygen atoms in total. The zero-order valence-electron chi connectivity index (χ0n) is 8.39. The quantitative estimate of drug-likeness (QED) is 0.729. The zero-order chi connectivity index (χ0) is 10.7. The van der Waals surface area contributed by atoms with Crippen LogP contribution < -0.4 is 10.6 Å². The van der Waals surface area contributed by atoms with E-state index in [0.29, 0.717) is 18.7 Å². The smallest absolute Gasteiger partial charge is 0.123 e. The second kappa shape index (κ2) is 4.30. The Morgan fingerprint density at radius 1 is 1.40 bits per heavy atom. The largest absolute Gasteiger partial charge is 0.365 e. The van der Waals surface area contributed by atoms with Crippen LogP contribution in [0.3, 0.4) is 0 Å². The molecular formula is C11H13N3O. The molecule has 0 aliphatic carbocycles. The van der Waals surface area contributed by atoms with E-state index >= 15 is 0 Å². The van der Waals surface area contributed by atoms with E-state index in [1.807, 2.05) is 24.3 Å². The average molecular weight is 203 g/mol. The predicted molar refractivity (Wildman–Crippen MR) is 57.3 cm³/mol. The van der Waals surface area contributed by atoms with Crippen molar-refractivity contribution in [3.63, 3.8) is 0 Å². The van der Waals surface area contributed by atoms with E-state index in [1.54, 1.807) is 0 Å². The Morgan fingerprint density at radius 2 is 2.13 bits per heavy atom. The van der Waals surface area contributed by atoms with E-state index in [1.165, 1.54) is 0 Å². The molecule has 1 heterocycles. The fourth-order valence-electron chi connectivity index (χ4n) is 1.66. The summed E-state index contributed by atoms with van der Waals surface area (Å²) in [4.78, 5) is 2.16. The molecule has 0 radical (unpaired) electrons. The van der Waals surface area contributed by atoms with Crippen molar-refractivity contribution < 1.29 is 4.74 Å². The van der Waals surface area contributed by atoms with Crippen molar-refractivity contribution in [3.05, 3.63) is 29.8 Å². The lowest BCUT2D eigenvalue weighted by molar-refractivity contribution is 0.0451. The minimum Gasteiger partial charge on any atom is -0.365 e. The van der Waals surface area contributed by atoms with Crippen LogP contribution in [0.2, 0.25) is 0 Å². The highest BCUT2D eigenvalue weighted by Crippen LogP contribution is 2.17. The summed E-state index contributed by atoms with van der Waals surface area (Å²) in [7, 11) is 0. The van der Waals surface area contributed by atoms with E-state index in [4.69, 9.17) is 15.7 Å². The second-order valence-corrected chi connectivity index (χ2v) is 3.51. The van der Waals surface area contributed by atoms with E-state index in [-0.39, 0.29) is 6.23 Å². The molecule has 0 amide bonds. The first-order valence-corrected chi connectivity index (χ1v) is 4.92. The SMILES string of the molecule is N#Cc1ccc(N2CCOC(N)C2)cc1. The summed E-state index contributed by atoms with van der Waals surface area (Å²) in [5.74, 6) is 0. The predicted octanol–water partition coefficient (Wildman–Crippen LogP) is 0.680. The van der Waals surface area contributed by atoms with Crippen molar-refractivity contribution in [1.82, 2.24) is 0 Å². The maximum atomic E-state index is 8.68. The van der Waals surface area contributed by atoms with Crippen LogP contribution in [0.1, 0.15) is 5.56 Å². The summed E-state index contributed by atoms with van der Waals surface area (Å²) in [5, 5.41) is 8.68. The number of anilines is 1. The molecule has 2 N–H and O–H groups in total. The first kappa shape index (κ1) is 9.97. The third-order valence-corrected chi connectivity index (χ3v) is 2.46. The van der Waals surface area contributed by atoms with Crippen LogP contribution in [0, 0.1) is 11.3 Å². The molecule has 1 aliphatic heterocycles. The number of morpholine rings is 1. The van der Waals surface area contributed by atoms with Gasteiger partial charge in [-0.2, -0.15) is 5.26 Å². The standard InChI is InChI=1S/C11H13N3O/c12-7-9-1-3-10(4-2-9)14-5-6-15-11(13)8-14/h1-4,11H,5-6,8,13H2. The number of benzene rings is 1. The molecule has 1 saturated heterocycles. The lowest BCUT2D eigenvalue weighted by Crippen LogP contribution is -2.46. The van der Waals surface area contributed by atoms with Gasteiger partial charge in [-0.3, -0.25) is 0 Å². The Hall–Kier alpha value is -1.57. The highest BCUT2D eigenvalue weighted by Gasteiger charge is 2.16. The Balaban J connectivity index is 2.12. The zero-order valence-corrected chi connectivity index (χ0v) is 8.39. The number of nitrogens with zero attached hydrogens (tertiary/aromatic N) is 2. The van der Waals surface area contributed by atoms with Gasteiger partial charge in [0.2, 0.25) is 0 Å². The van der Waals surface area contributed by atoms with Gasteiger partial charge in [-0.15, -0.1) is 0 Å². The van der Waals surface area contributed by atoms with Gasteiger partial charge in [0.1, 0.15) is 6.23 Å². The number of ether oxygens (including phenoxy) is 1. The first-order chi connectivity index (χ1) is 7.29. The summed E-state index contributed by atoms with van der Waals surface area (Å²) in [6.45, 7) is 2.20. The van der Waals surface area contributed by atoms with Gasteiger partial charge in [0, 0.05) is 12.2 Å². The molecule has 0 aromatic heterocycles. The van der Waals surface area contributed by atoms with Gasteiger partial charge in [0.25, 0.3) is 0 Å². The molecule has 1 unspecified atom stereocenters. The molecule has 4 heteroatoms. The van der Waals surface area contributed by atoms with E-state index in [9.17, 15) is 0 Å². The van der Waals surface area contributed by atoms with Gasteiger partial charge in [0.15, 0.2) is 0 Å². The van der Waals surface area contributed by atoms with E-state index in [2.05, 4.69) is 11.0 Å². The number of rotatable bonds is 1. The van der Waals surface area contributed by atoms with Gasteiger partial charge in [-0.25, -0.2) is 0 Å². The summed E-state index contributed by atoms with van der Waals surface area (Å²) in [5.41, 5.74) is 7.47. The van der Waals surface area contributed by atoms with Gasteiger partial charge in [-0.1, -0.05) is 0 Å². The molecule has 1 aromatic carbocycles. The summed E-state index contributed by atoms with van der Waals surface area (Å²) < 4.78 is 5.26. The minimum atomic E-state index is -0.214. The monoisotopic (exact) mass is 203 g/mol. The third kappa shape index (κ3) is 2.27. The molecule has 1 fully saturated rings. The average Bonchev–Trinajstić information content (AvgIpc) is 2.29. The normalized spacial score (nSPS) is 21.1. The van der Waals surface area contributed by atoms with Gasteiger partial charge in [0.05, 0.1) is 24.8 Å². The molecule has 1 aliphatic rings. The van der Waals surface area contributed by atoms with Crippen LogP contribution in [0.15, 0.2) is 24.3 Å². The fourth-order valence-corrected chi connectivity index (χ4v) is 1.66. The van der Waals surface area contributed by atoms with Crippen LogP contribution in [0.5, 0.6) is 0 Å². The number of hydrogen-bond donors (Lipinski definition) is 1. The van der Waals surface area contributed by atoms with Gasteiger partial charge >= 0.3 is 0 Å². The topological polar surface area (TPSA) is 62.3 Å². The van der Waals surface area contributed by atoms with Crippen LogP contribution in [-0.4, -0.2) is 25.9 Å². The van der Waals surface area contributed by atoms with Crippen molar-refractivity contribution in [1.29, 1.82) is 5.26 Å². The number of hydrogen-bond acceptors (Lipinski definition) is 4.